The van der Waals surface area contributed by atoms with E-state index in [0.29, 0.717) is 0 Å². The Bertz CT molecular complexity index is 188. The number of rotatable bonds is 3. The number of nitrogens with two attached hydrogens (primary N) is 2. The second-order valence-electron chi connectivity index (χ2n) is 0.539. The molecule has 0 aliphatic carbocycles. The predicted octanol–water partition coefficient (Wildman–Crippen LogP) is -0.316. The molecule has 38 valence electrons. The molecule has 0 saturated carbocycles. The van der Waals surface area contributed by atoms with E-state index in [0.717, 1.165) is 0 Å². The highest BCUT2D eigenvalue weighted by Crippen LogP contribution is 1.77. The quantitative estimate of drug-likeness (QED) is 0.506. The van der Waals surface area contributed by atoms with Crippen LogP contribution in [0, 0.1) is 0 Å². The van der Waals surface area contributed by atoms with E-state index in [1.807, 2.05) is 0 Å². The third kappa shape index (κ3) is 3.92. The minimum Gasteiger partial charge on any atom is -0.330 e. The van der Waals surface area contributed by atoms with Crippen LogP contribution in [0.25, 0.3) is 0 Å². The van der Waals surface area contributed by atoms with E-state index in [2.05, 4.69) is 0 Å². The molecule has 0 aromatic rings. The molecule has 0 aromatic heterocycles. The van der Waals surface area contributed by atoms with Gasteiger partial charge in [0.1, 0.15) is 0 Å². The average molecular weight is 96.2 g/mol. The van der Waals surface area contributed by atoms with Crippen molar-refractivity contribution in [1.29, 1.82) is 0 Å². The van der Waals surface area contributed by atoms with Crippen molar-refractivity contribution in [2.24, 2.45) is 11.5 Å². The van der Waals surface area contributed by atoms with E-state index in [4.69, 9.17) is 22.4 Å². The van der Waals surface area contributed by atoms with Crippen LogP contribution in [0.15, 0.2) is 0 Å². The molecular weight excluding hydrogens is 76.1 g/mol. The maximum absolute atomic E-state index is 7.11. The summed E-state index contributed by atoms with van der Waals surface area (Å²) in [6, 6.07) is 0. The Kier molecular flexibility index (Phi) is 0.704. The van der Waals surface area contributed by atoms with Crippen molar-refractivity contribution >= 4 is 0 Å². The minimum absolute atomic E-state index is 3.02. The largest absolute Gasteiger partial charge is 0.330 e. The first-order chi connectivity index (χ1) is 5.75. The Hall–Kier alpha value is -0.0800. The fourth-order valence-electron chi connectivity index (χ4n) is 0.0722. The van der Waals surface area contributed by atoms with Crippen LogP contribution in [-0.2, 0) is 0 Å². The second kappa shape index (κ2) is 4.92. The van der Waals surface area contributed by atoms with Crippen molar-refractivity contribution in [3.8, 4) is 0 Å². The zero-order chi connectivity index (χ0) is 12.0. The molecule has 0 saturated heterocycles. The topological polar surface area (TPSA) is 52.0 Å². The van der Waals surface area contributed by atoms with E-state index in [1.165, 1.54) is 0 Å². The maximum Gasteiger partial charge on any atom is 0.0425 e. The van der Waals surface area contributed by atoms with Crippen LogP contribution in [0.2, 0.25) is 0 Å². The van der Waals surface area contributed by atoms with Crippen LogP contribution < -0.4 is 11.5 Å². The molecule has 0 aliphatic rings. The predicted molar refractivity (Wildman–Crippen MR) is 27.3 cm³/mol. The maximum atomic E-state index is 7.11. The first-order valence-corrected chi connectivity index (χ1v) is 1.33. The molecule has 0 amide bonds. The lowest BCUT2D eigenvalue weighted by atomic mass is 10.3. The Balaban J connectivity index is 5.30. The second-order valence-corrected chi connectivity index (χ2v) is 0.539. The average Bonchev–Trinajstić information content (AvgIpc) is 1.81. The Labute approximate surface area is 49.8 Å². The number of hydrogen-bond donors (Lipinski definition) is 2. The van der Waals surface area contributed by atoms with Crippen molar-refractivity contribution in [3.63, 3.8) is 0 Å². The summed E-state index contributed by atoms with van der Waals surface area (Å²) in [5.74, 6) is 0. The molecule has 2 nitrogen and oxygen atoms in total. The van der Waals surface area contributed by atoms with Crippen LogP contribution in [0.1, 0.15) is 23.7 Å². The van der Waals surface area contributed by atoms with Crippen LogP contribution in [-0.4, -0.2) is 13.0 Å². The van der Waals surface area contributed by atoms with Crippen molar-refractivity contribution in [2.45, 2.75) is 12.7 Å². The van der Waals surface area contributed by atoms with Crippen molar-refractivity contribution in [3.05, 3.63) is 0 Å². The van der Waals surface area contributed by atoms with Gasteiger partial charge in [-0.15, -0.1) is 0 Å². The molecule has 0 aromatic carbocycles. The van der Waals surface area contributed by atoms with Gasteiger partial charge >= 0.3 is 0 Å². The summed E-state index contributed by atoms with van der Waals surface area (Å²) in [7, 11) is 0. The highest BCUT2D eigenvalue weighted by atomic mass is 14.5. The molecular formula is C4H12N2. The standard InChI is InChI=1S/C4H12N2/c5-3-1-2-4-6/h1-6H2/i1D2,2D2,3D2,4D2. The van der Waals surface area contributed by atoms with Gasteiger partial charge in [0.05, 0.1) is 0 Å². The Morgan fingerprint density at radius 3 is 1.67 bits per heavy atom. The normalized spacial score (nSPS) is 38.3. The molecule has 4 N–H and O–H groups in total. The number of hydrogen-bond acceptors (Lipinski definition) is 2. The van der Waals surface area contributed by atoms with Gasteiger partial charge in [0.25, 0.3) is 0 Å². The van der Waals surface area contributed by atoms with E-state index in [9.17, 15) is 0 Å². The van der Waals surface area contributed by atoms with Gasteiger partial charge in [-0.3, -0.25) is 0 Å². The molecule has 0 atom stereocenters. The Morgan fingerprint density at radius 1 is 1.17 bits per heavy atom. The fraction of sp³-hybridized carbons (Fsp3) is 1.00. The first kappa shape index (κ1) is 0.858. The molecule has 0 heterocycles. The highest BCUT2D eigenvalue weighted by Gasteiger charge is 1.75. The van der Waals surface area contributed by atoms with E-state index >= 15 is 0 Å². The van der Waals surface area contributed by atoms with Crippen molar-refractivity contribution in [1.82, 2.24) is 0 Å². The highest BCUT2D eigenvalue weighted by molar-refractivity contribution is 4.38. The van der Waals surface area contributed by atoms with Crippen LogP contribution in [0.3, 0.4) is 0 Å². The Morgan fingerprint density at radius 2 is 1.50 bits per heavy atom. The molecule has 0 spiro atoms. The van der Waals surface area contributed by atoms with E-state index < -0.39 is 25.7 Å². The van der Waals surface area contributed by atoms with E-state index in [1.54, 1.807) is 0 Å². The lowest BCUT2D eigenvalue weighted by Crippen LogP contribution is -2.03. The van der Waals surface area contributed by atoms with Crippen molar-refractivity contribution in [2.75, 3.05) is 13.0 Å². The van der Waals surface area contributed by atoms with Gasteiger partial charge in [0.15, 0.2) is 0 Å². The summed E-state index contributed by atoms with van der Waals surface area (Å²) in [4.78, 5) is 0. The molecule has 6 heavy (non-hydrogen) atoms. The lowest BCUT2D eigenvalue weighted by Gasteiger charge is -1.87. The summed E-state index contributed by atoms with van der Waals surface area (Å²) in [6.45, 7) is -6.05. The third-order valence-corrected chi connectivity index (χ3v) is 0.207. The first-order valence-electron chi connectivity index (χ1n) is 5.33. The SMILES string of the molecule is [2H]C([2H])(N)C([2H])([2H])C([2H])([2H])C([2H])([2H])N. The minimum atomic E-state index is -3.24. The van der Waals surface area contributed by atoms with Crippen LogP contribution in [0.5, 0.6) is 0 Å². The van der Waals surface area contributed by atoms with Crippen LogP contribution >= 0.6 is 0 Å². The van der Waals surface area contributed by atoms with Gasteiger partial charge < -0.3 is 11.5 Å². The molecule has 0 rings (SSSR count). The van der Waals surface area contributed by atoms with Gasteiger partial charge in [-0.1, -0.05) is 0 Å². The van der Waals surface area contributed by atoms with Gasteiger partial charge in [0.2, 0.25) is 0 Å². The van der Waals surface area contributed by atoms with Gasteiger partial charge in [-0.2, -0.15) is 0 Å². The van der Waals surface area contributed by atoms with E-state index in [-0.39, 0.29) is 0 Å². The van der Waals surface area contributed by atoms with Crippen molar-refractivity contribution < 1.29 is 11.0 Å². The lowest BCUT2D eigenvalue weighted by molar-refractivity contribution is 0.755. The fourth-order valence-corrected chi connectivity index (χ4v) is 0.0722. The van der Waals surface area contributed by atoms with Crippen LogP contribution in [0.4, 0.5) is 0 Å². The summed E-state index contributed by atoms with van der Waals surface area (Å²) in [5, 5.41) is 0. The molecule has 0 radical (unpaired) electrons. The van der Waals surface area contributed by atoms with Gasteiger partial charge in [-0.05, 0) is 25.7 Å². The summed E-state index contributed by atoms with van der Waals surface area (Å²) in [5.41, 5.74) is 9.58. The zero-order valence-corrected chi connectivity index (χ0v) is 3.15. The monoisotopic (exact) mass is 96.2 g/mol. The van der Waals surface area contributed by atoms with Gasteiger partial charge in [-0.25, -0.2) is 0 Å². The third-order valence-electron chi connectivity index (χ3n) is 0.207. The zero-order valence-electron chi connectivity index (χ0n) is 11.2. The molecule has 0 unspecified atom stereocenters. The summed E-state index contributed by atoms with van der Waals surface area (Å²) in [6.07, 6.45) is -6.48. The smallest absolute Gasteiger partial charge is 0.0425 e. The summed E-state index contributed by atoms with van der Waals surface area (Å²) >= 11 is 0. The molecule has 0 aliphatic heterocycles. The van der Waals surface area contributed by atoms with Gasteiger partial charge in [0, 0.05) is 11.0 Å². The summed E-state index contributed by atoms with van der Waals surface area (Å²) < 4.78 is 55.9. The molecule has 0 bridgehead atoms. The molecule has 2 heteroatoms. The molecule has 0 fully saturated rings.